The molecule has 1 aliphatic rings. The van der Waals surface area contributed by atoms with Gasteiger partial charge in [-0.3, -0.25) is 0 Å². The maximum atomic E-state index is 11.2. The van der Waals surface area contributed by atoms with E-state index in [-0.39, 0.29) is 0 Å². The van der Waals surface area contributed by atoms with Crippen molar-refractivity contribution in [3.05, 3.63) is 48.0 Å². The maximum Gasteiger partial charge on any atom is 0.330 e. The summed E-state index contributed by atoms with van der Waals surface area (Å²) in [6, 6.07) is 9.94. The third-order valence-corrected chi connectivity index (χ3v) is 3.16. The molecule has 0 unspecified atom stereocenters. The lowest BCUT2D eigenvalue weighted by Crippen LogP contribution is -2.29. The number of ether oxygens (including phenoxy) is 4. The fraction of sp³-hybridized carbons (Fsp3) is 0.438. The van der Waals surface area contributed by atoms with Gasteiger partial charge in [-0.15, -0.1) is 0 Å². The van der Waals surface area contributed by atoms with E-state index in [1.54, 1.807) is 6.08 Å². The average molecular weight is 292 g/mol. The van der Waals surface area contributed by atoms with Crippen LogP contribution < -0.4 is 0 Å². The molecule has 0 N–H and O–H groups in total. The highest BCUT2D eigenvalue weighted by Crippen LogP contribution is 2.25. The zero-order chi connectivity index (χ0) is 15.0. The molecule has 5 nitrogen and oxygen atoms in total. The Morgan fingerprint density at radius 1 is 1.29 bits per heavy atom. The van der Waals surface area contributed by atoms with Crippen molar-refractivity contribution in [3.63, 3.8) is 0 Å². The largest absolute Gasteiger partial charge is 0.466 e. The van der Waals surface area contributed by atoms with Crippen LogP contribution in [-0.2, 0) is 30.3 Å². The molecule has 1 heterocycles. The smallest absolute Gasteiger partial charge is 0.330 e. The summed E-state index contributed by atoms with van der Waals surface area (Å²) in [6.45, 7) is 2.02. The van der Waals surface area contributed by atoms with Crippen molar-refractivity contribution < 1.29 is 23.7 Å². The third-order valence-electron chi connectivity index (χ3n) is 3.16. The van der Waals surface area contributed by atoms with E-state index >= 15 is 0 Å². The number of esters is 1. The lowest BCUT2D eigenvalue weighted by Gasteiger charge is -2.23. The molecule has 0 amide bonds. The Balaban J connectivity index is 1.80. The van der Waals surface area contributed by atoms with Crippen LogP contribution in [0.5, 0.6) is 0 Å². The van der Waals surface area contributed by atoms with Gasteiger partial charge in [0.05, 0.1) is 33.5 Å². The molecule has 0 radical (unpaired) electrons. The molecule has 1 fully saturated rings. The van der Waals surface area contributed by atoms with Gasteiger partial charge < -0.3 is 18.9 Å². The van der Waals surface area contributed by atoms with Crippen molar-refractivity contribution in [2.75, 3.05) is 26.9 Å². The van der Waals surface area contributed by atoms with E-state index in [4.69, 9.17) is 14.2 Å². The minimum absolute atomic E-state index is 0.432. The van der Waals surface area contributed by atoms with Crippen LogP contribution in [0.1, 0.15) is 12.0 Å². The molecule has 1 aliphatic heterocycles. The molecule has 0 atom stereocenters. The number of rotatable bonds is 7. The van der Waals surface area contributed by atoms with Crippen LogP contribution in [0.25, 0.3) is 0 Å². The topological polar surface area (TPSA) is 54.0 Å². The van der Waals surface area contributed by atoms with E-state index < -0.39 is 11.8 Å². The van der Waals surface area contributed by atoms with Crippen molar-refractivity contribution in [2.24, 2.45) is 0 Å². The molecule has 0 aromatic heterocycles. The van der Waals surface area contributed by atoms with E-state index in [1.807, 2.05) is 30.3 Å². The fourth-order valence-corrected chi connectivity index (χ4v) is 2.04. The normalized spacial score (nSPS) is 17.2. The van der Waals surface area contributed by atoms with Crippen LogP contribution in [0.15, 0.2) is 42.5 Å². The number of carbonyl (C=O) groups excluding carboxylic acids is 1. The Kier molecular flexibility index (Phi) is 5.92. The van der Waals surface area contributed by atoms with Crippen LogP contribution in [0.3, 0.4) is 0 Å². The van der Waals surface area contributed by atoms with Crippen molar-refractivity contribution in [1.82, 2.24) is 0 Å². The van der Waals surface area contributed by atoms with Gasteiger partial charge in [0, 0.05) is 12.5 Å². The summed E-state index contributed by atoms with van der Waals surface area (Å²) in [5.74, 6) is -1.32. The molecule has 0 bridgehead atoms. The van der Waals surface area contributed by atoms with Gasteiger partial charge in [0.25, 0.3) is 0 Å². The standard InChI is InChI=1S/C16H20O5/c1-18-15(17)7-8-16(20-11-12-21-16)9-10-19-13-14-5-3-2-4-6-14/h2-8H,9-13H2,1H3/b8-7+. The van der Waals surface area contributed by atoms with Gasteiger partial charge in [0.1, 0.15) is 0 Å². The van der Waals surface area contributed by atoms with Gasteiger partial charge in [0.15, 0.2) is 5.79 Å². The first-order chi connectivity index (χ1) is 10.2. The molecule has 0 aliphatic carbocycles. The van der Waals surface area contributed by atoms with Gasteiger partial charge >= 0.3 is 5.97 Å². The second-order valence-electron chi connectivity index (χ2n) is 4.65. The summed E-state index contributed by atoms with van der Waals surface area (Å²) < 4.78 is 21.4. The summed E-state index contributed by atoms with van der Waals surface area (Å²) in [4.78, 5) is 11.2. The Morgan fingerprint density at radius 2 is 2.00 bits per heavy atom. The van der Waals surface area contributed by atoms with Crippen LogP contribution in [0.2, 0.25) is 0 Å². The fourth-order valence-electron chi connectivity index (χ4n) is 2.04. The first-order valence-electron chi connectivity index (χ1n) is 6.91. The Morgan fingerprint density at radius 3 is 2.67 bits per heavy atom. The van der Waals surface area contributed by atoms with Crippen molar-refractivity contribution in [1.29, 1.82) is 0 Å². The summed E-state index contributed by atoms with van der Waals surface area (Å²) in [6.07, 6.45) is 3.44. The van der Waals surface area contributed by atoms with E-state index in [0.29, 0.717) is 32.8 Å². The highest BCUT2D eigenvalue weighted by Gasteiger charge is 2.33. The number of hydrogen-bond acceptors (Lipinski definition) is 5. The molecule has 1 aromatic carbocycles. The molecule has 2 rings (SSSR count). The molecule has 0 saturated carbocycles. The maximum absolute atomic E-state index is 11.2. The second-order valence-corrected chi connectivity index (χ2v) is 4.65. The SMILES string of the molecule is COC(=O)/C=C/C1(CCOCc2ccccc2)OCCO1. The zero-order valence-electron chi connectivity index (χ0n) is 12.1. The van der Waals surface area contributed by atoms with Gasteiger partial charge in [-0.05, 0) is 11.6 Å². The molecule has 114 valence electrons. The molecular weight excluding hydrogens is 272 g/mol. The lowest BCUT2D eigenvalue weighted by atomic mass is 10.2. The first kappa shape index (κ1) is 15.7. The Labute approximate surface area is 124 Å². The lowest BCUT2D eigenvalue weighted by molar-refractivity contribution is -0.139. The monoisotopic (exact) mass is 292 g/mol. The van der Waals surface area contributed by atoms with Gasteiger partial charge in [-0.25, -0.2) is 4.79 Å². The number of methoxy groups -OCH3 is 1. The Bertz CT molecular complexity index is 463. The molecule has 1 aromatic rings. The van der Waals surface area contributed by atoms with Crippen molar-refractivity contribution in [2.45, 2.75) is 18.8 Å². The highest BCUT2D eigenvalue weighted by molar-refractivity contribution is 5.81. The van der Waals surface area contributed by atoms with Gasteiger partial charge in [-0.1, -0.05) is 30.3 Å². The highest BCUT2D eigenvalue weighted by atomic mass is 16.7. The van der Waals surface area contributed by atoms with Gasteiger partial charge in [0.2, 0.25) is 0 Å². The van der Waals surface area contributed by atoms with E-state index in [2.05, 4.69) is 4.74 Å². The number of benzene rings is 1. The van der Waals surface area contributed by atoms with Crippen LogP contribution >= 0.6 is 0 Å². The quantitative estimate of drug-likeness (QED) is 0.437. The summed E-state index contributed by atoms with van der Waals surface area (Å²) >= 11 is 0. The van der Waals surface area contributed by atoms with Crippen LogP contribution in [0.4, 0.5) is 0 Å². The van der Waals surface area contributed by atoms with Crippen molar-refractivity contribution >= 4 is 5.97 Å². The van der Waals surface area contributed by atoms with E-state index in [0.717, 1.165) is 5.56 Å². The minimum atomic E-state index is -0.884. The van der Waals surface area contributed by atoms with Gasteiger partial charge in [-0.2, -0.15) is 0 Å². The number of carbonyl (C=O) groups is 1. The van der Waals surface area contributed by atoms with E-state index in [9.17, 15) is 4.79 Å². The molecule has 0 spiro atoms. The predicted octanol–water partition coefficient (Wildman–Crippen LogP) is 2.07. The van der Waals surface area contributed by atoms with Crippen molar-refractivity contribution in [3.8, 4) is 0 Å². The second kappa shape index (κ2) is 7.93. The zero-order valence-corrected chi connectivity index (χ0v) is 12.1. The molecule has 5 heteroatoms. The molecule has 1 saturated heterocycles. The summed E-state index contributed by atoms with van der Waals surface area (Å²) in [5.41, 5.74) is 1.12. The predicted molar refractivity (Wildman–Crippen MR) is 76.5 cm³/mol. The van der Waals surface area contributed by atoms with Crippen LogP contribution in [0, 0.1) is 0 Å². The van der Waals surface area contributed by atoms with E-state index in [1.165, 1.54) is 13.2 Å². The molecule has 21 heavy (non-hydrogen) atoms. The Hall–Kier alpha value is -1.69. The van der Waals surface area contributed by atoms with Crippen LogP contribution in [-0.4, -0.2) is 38.7 Å². The number of hydrogen-bond donors (Lipinski definition) is 0. The summed E-state index contributed by atoms with van der Waals surface area (Å²) in [7, 11) is 1.33. The summed E-state index contributed by atoms with van der Waals surface area (Å²) in [5, 5.41) is 0. The third kappa shape index (κ3) is 4.97. The molecular formula is C16H20O5. The first-order valence-corrected chi connectivity index (χ1v) is 6.91. The average Bonchev–Trinajstić information content (AvgIpc) is 2.99. The minimum Gasteiger partial charge on any atom is -0.466 e.